The zero-order valence-corrected chi connectivity index (χ0v) is 19.6. The first-order chi connectivity index (χ1) is 16.1. The molecule has 0 saturated carbocycles. The third-order valence-corrected chi connectivity index (χ3v) is 6.72. The van der Waals surface area contributed by atoms with Crippen molar-refractivity contribution in [1.82, 2.24) is 14.8 Å². The fraction of sp³-hybridized carbons (Fsp3) is 0.269. The number of carbonyl (C=O) groups excluding carboxylic acids is 1. The molecule has 1 aliphatic heterocycles. The van der Waals surface area contributed by atoms with Gasteiger partial charge in [-0.15, -0.1) is 0 Å². The van der Waals surface area contributed by atoms with E-state index in [2.05, 4.69) is 18.0 Å². The van der Waals surface area contributed by atoms with Gasteiger partial charge in [-0.1, -0.05) is 54.2 Å². The molecule has 0 spiro atoms. The molecule has 0 atom stereocenters. The van der Waals surface area contributed by atoms with E-state index in [1.165, 1.54) is 11.8 Å². The average Bonchev–Trinajstić information content (AvgIpc) is 2.87. The van der Waals surface area contributed by atoms with Gasteiger partial charge in [0, 0.05) is 37.3 Å². The van der Waals surface area contributed by atoms with Gasteiger partial charge in [0.05, 0.1) is 24.1 Å². The Morgan fingerprint density at radius 1 is 1.06 bits per heavy atom. The first kappa shape index (κ1) is 22.8. The molecule has 2 heterocycles. The lowest BCUT2D eigenvalue weighted by Crippen LogP contribution is -2.47. The fourth-order valence-corrected chi connectivity index (χ4v) is 4.67. The molecule has 3 aromatic rings. The van der Waals surface area contributed by atoms with Gasteiger partial charge in [0.15, 0.2) is 0 Å². The number of methoxy groups -OCH3 is 1. The Balaban J connectivity index is 1.68. The van der Waals surface area contributed by atoms with Gasteiger partial charge in [-0.05, 0) is 30.8 Å². The van der Waals surface area contributed by atoms with Crippen molar-refractivity contribution in [2.24, 2.45) is 0 Å². The molecule has 6 nitrogen and oxygen atoms in total. The molecule has 1 aliphatic rings. The summed E-state index contributed by atoms with van der Waals surface area (Å²) in [5.41, 5.74) is 3.91. The Bertz CT molecular complexity index is 1150. The molecule has 0 unspecified atom stereocenters. The van der Waals surface area contributed by atoms with E-state index in [-0.39, 0.29) is 11.7 Å². The maximum atomic E-state index is 12.8. The Kier molecular flexibility index (Phi) is 7.28. The SMILES string of the molecule is COc1ccc(-c2cc(-c3ccccc3)nc(SCC(=O)N3CCN(C)CC3)c2C#N)cc1. The van der Waals surface area contributed by atoms with Gasteiger partial charge < -0.3 is 14.5 Å². The summed E-state index contributed by atoms with van der Waals surface area (Å²) in [6, 6.07) is 21.8. The number of thioether (sulfide) groups is 1. The van der Waals surface area contributed by atoms with Crippen LogP contribution in [0, 0.1) is 11.3 Å². The fourth-order valence-electron chi connectivity index (χ4n) is 3.77. The number of rotatable bonds is 6. The largest absolute Gasteiger partial charge is 0.497 e. The van der Waals surface area contributed by atoms with E-state index in [0.29, 0.717) is 10.6 Å². The number of pyridine rings is 1. The number of aromatic nitrogens is 1. The van der Waals surface area contributed by atoms with Crippen LogP contribution in [0.15, 0.2) is 65.7 Å². The molecular formula is C26H26N4O2S. The quantitative estimate of drug-likeness (QED) is 0.517. The number of hydrogen-bond acceptors (Lipinski definition) is 6. The second kappa shape index (κ2) is 10.5. The summed E-state index contributed by atoms with van der Waals surface area (Å²) in [7, 11) is 3.69. The van der Waals surface area contributed by atoms with Crippen molar-refractivity contribution in [2.75, 3.05) is 46.1 Å². The maximum Gasteiger partial charge on any atom is 0.233 e. The molecule has 0 bridgehead atoms. The van der Waals surface area contributed by atoms with Crippen LogP contribution < -0.4 is 4.74 Å². The predicted octanol–water partition coefficient (Wildman–Crippen LogP) is 4.16. The molecule has 2 aromatic carbocycles. The Morgan fingerprint density at radius 2 is 1.76 bits per heavy atom. The van der Waals surface area contributed by atoms with Crippen LogP contribution in [0.4, 0.5) is 0 Å². The number of piperazine rings is 1. The van der Waals surface area contributed by atoms with Crippen molar-refractivity contribution in [3.8, 4) is 34.2 Å². The molecule has 1 aromatic heterocycles. The number of likely N-dealkylation sites (N-methyl/N-ethyl adjacent to an activating group) is 1. The van der Waals surface area contributed by atoms with E-state index in [1.54, 1.807) is 7.11 Å². The molecule has 1 saturated heterocycles. The van der Waals surface area contributed by atoms with Crippen LogP contribution in [-0.4, -0.2) is 66.8 Å². The van der Waals surface area contributed by atoms with Crippen molar-refractivity contribution >= 4 is 17.7 Å². The van der Waals surface area contributed by atoms with E-state index < -0.39 is 0 Å². The minimum Gasteiger partial charge on any atom is -0.497 e. The Hall–Kier alpha value is -3.34. The summed E-state index contributed by atoms with van der Waals surface area (Å²) < 4.78 is 5.28. The number of nitrogens with zero attached hydrogens (tertiary/aromatic N) is 4. The Labute approximate surface area is 198 Å². The van der Waals surface area contributed by atoms with Gasteiger partial charge in [-0.25, -0.2) is 4.98 Å². The molecule has 0 aliphatic carbocycles. The smallest absolute Gasteiger partial charge is 0.233 e. The maximum absolute atomic E-state index is 12.8. The topological polar surface area (TPSA) is 69.5 Å². The van der Waals surface area contributed by atoms with Crippen LogP contribution in [0.5, 0.6) is 5.75 Å². The van der Waals surface area contributed by atoms with Crippen molar-refractivity contribution in [1.29, 1.82) is 5.26 Å². The van der Waals surface area contributed by atoms with Gasteiger partial charge in [0.25, 0.3) is 0 Å². The van der Waals surface area contributed by atoms with E-state index in [1.807, 2.05) is 65.6 Å². The van der Waals surface area contributed by atoms with Gasteiger partial charge in [-0.3, -0.25) is 4.79 Å². The van der Waals surface area contributed by atoms with Crippen LogP contribution in [-0.2, 0) is 4.79 Å². The van der Waals surface area contributed by atoms with Gasteiger partial charge >= 0.3 is 0 Å². The minimum atomic E-state index is 0.0786. The number of hydrogen-bond donors (Lipinski definition) is 0. The van der Waals surface area contributed by atoms with E-state index >= 15 is 0 Å². The lowest BCUT2D eigenvalue weighted by Gasteiger charge is -2.32. The van der Waals surface area contributed by atoms with Crippen LogP contribution in [0.2, 0.25) is 0 Å². The summed E-state index contributed by atoms with van der Waals surface area (Å²) in [5.74, 6) is 1.09. The van der Waals surface area contributed by atoms with Gasteiger partial charge in [0.1, 0.15) is 16.8 Å². The lowest BCUT2D eigenvalue weighted by atomic mass is 9.99. The standard InChI is InChI=1S/C26H26N4O2S/c1-29-12-14-30(15-13-29)25(31)18-33-26-23(17-27)22(19-8-10-21(32-2)11-9-19)16-24(28-26)20-6-4-3-5-7-20/h3-11,16H,12-15,18H2,1-2H3. The molecule has 33 heavy (non-hydrogen) atoms. The third kappa shape index (κ3) is 5.36. The van der Waals surface area contributed by atoms with Crippen molar-refractivity contribution < 1.29 is 9.53 Å². The van der Waals surface area contributed by atoms with Crippen molar-refractivity contribution in [2.45, 2.75) is 5.03 Å². The summed E-state index contributed by atoms with van der Waals surface area (Å²) >= 11 is 1.34. The normalized spacial score (nSPS) is 14.0. The lowest BCUT2D eigenvalue weighted by molar-refractivity contribution is -0.129. The van der Waals surface area contributed by atoms with Crippen molar-refractivity contribution in [3.63, 3.8) is 0 Å². The molecule has 7 heteroatoms. The molecular weight excluding hydrogens is 432 g/mol. The summed E-state index contributed by atoms with van der Waals surface area (Å²) in [6.07, 6.45) is 0. The molecule has 0 radical (unpaired) electrons. The van der Waals surface area contributed by atoms with E-state index in [9.17, 15) is 10.1 Å². The predicted molar refractivity (Wildman–Crippen MR) is 131 cm³/mol. The van der Waals surface area contributed by atoms with Gasteiger partial charge in [0.2, 0.25) is 5.91 Å². The second-order valence-corrected chi connectivity index (χ2v) is 8.88. The first-order valence-corrected chi connectivity index (χ1v) is 11.8. The number of benzene rings is 2. The molecule has 0 N–H and O–H groups in total. The van der Waals surface area contributed by atoms with E-state index in [4.69, 9.17) is 9.72 Å². The highest BCUT2D eigenvalue weighted by Crippen LogP contribution is 2.35. The second-order valence-electron chi connectivity index (χ2n) is 7.91. The monoisotopic (exact) mass is 458 g/mol. The van der Waals surface area contributed by atoms with Crippen LogP contribution in [0.1, 0.15) is 5.56 Å². The molecule has 4 rings (SSSR count). The minimum absolute atomic E-state index is 0.0786. The number of carbonyl (C=O) groups is 1. The summed E-state index contributed by atoms with van der Waals surface area (Å²) in [5, 5.41) is 10.6. The highest BCUT2D eigenvalue weighted by atomic mass is 32.2. The number of nitriles is 1. The first-order valence-electron chi connectivity index (χ1n) is 10.8. The van der Waals surface area contributed by atoms with E-state index in [0.717, 1.165) is 54.3 Å². The van der Waals surface area contributed by atoms with Crippen LogP contribution in [0.3, 0.4) is 0 Å². The number of ether oxygens (including phenoxy) is 1. The van der Waals surface area contributed by atoms with Gasteiger partial charge in [-0.2, -0.15) is 5.26 Å². The van der Waals surface area contributed by atoms with Crippen LogP contribution >= 0.6 is 11.8 Å². The average molecular weight is 459 g/mol. The van der Waals surface area contributed by atoms with Crippen molar-refractivity contribution in [3.05, 3.63) is 66.2 Å². The van der Waals surface area contributed by atoms with Crippen LogP contribution in [0.25, 0.3) is 22.4 Å². The zero-order chi connectivity index (χ0) is 23.2. The zero-order valence-electron chi connectivity index (χ0n) is 18.8. The highest BCUT2D eigenvalue weighted by Gasteiger charge is 2.21. The third-order valence-electron chi connectivity index (χ3n) is 5.76. The molecule has 168 valence electrons. The highest BCUT2D eigenvalue weighted by molar-refractivity contribution is 8.00. The summed E-state index contributed by atoms with van der Waals surface area (Å²) in [6.45, 7) is 3.22. The Morgan fingerprint density at radius 3 is 2.39 bits per heavy atom. The number of amides is 1. The summed E-state index contributed by atoms with van der Waals surface area (Å²) in [4.78, 5) is 21.7. The molecule has 1 fully saturated rings. The molecule has 1 amide bonds.